The first-order valence-electron chi connectivity index (χ1n) is 8.11. The standard InChI is InChI=1S/C18H18ClNO6S/c1-20(9-12-3-4-15(19)27-12)16(21)10-26-18(22)11-7-13(23-2)17-14(8-11)24-5-6-25-17/h3-4,7-8H,5-6,9-10H2,1-2H3. The first-order valence-corrected chi connectivity index (χ1v) is 9.30. The fourth-order valence-corrected chi connectivity index (χ4v) is 3.61. The molecule has 1 aromatic carbocycles. The van der Waals surface area contributed by atoms with Crippen molar-refractivity contribution in [1.82, 2.24) is 4.90 Å². The molecule has 1 amide bonds. The van der Waals surface area contributed by atoms with Crippen LogP contribution in [0.5, 0.6) is 17.2 Å². The summed E-state index contributed by atoms with van der Waals surface area (Å²) in [6.45, 7) is 0.810. The Morgan fingerprint density at radius 3 is 2.74 bits per heavy atom. The molecule has 0 unspecified atom stereocenters. The number of thiophene rings is 1. The molecule has 0 aliphatic carbocycles. The van der Waals surface area contributed by atoms with Crippen LogP contribution in [-0.2, 0) is 16.1 Å². The summed E-state index contributed by atoms with van der Waals surface area (Å²) in [5, 5.41) is 0. The van der Waals surface area contributed by atoms with Gasteiger partial charge in [-0.2, -0.15) is 0 Å². The molecule has 2 aromatic rings. The van der Waals surface area contributed by atoms with Gasteiger partial charge in [0.15, 0.2) is 18.1 Å². The molecule has 1 aliphatic heterocycles. The van der Waals surface area contributed by atoms with Crippen LogP contribution in [0.3, 0.4) is 0 Å². The highest BCUT2D eigenvalue weighted by Gasteiger charge is 2.22. The minimum atomic E-state index is -0.647. The second-order valence-electron chi connectivity index (χ2n) is 5.73. The number of carbonyl (C=O) groups is 2. The van der Waals surface area contributed by atoms with Gasteiger partial charge in [0.25, 0.3) is 5.91 Å². The third-order valence-corrected chi connectivity index (χ3v) is 5.05. The Balaban J connectivity index is 1.61. The summed E-state index contributed by atoms with van der Waals surface area (Å²) in [6, 6.07) is 6.64. The van der Waals surface area contributed by atoms with Crippen molar-refractivity contribution in [2.75, 3.05) is 34.0 Å². The summed E-state index contributed by atoms with van der Waals surface area (Å²) in [5.41, 5.74) is 0.219. The van der Waals surface area contributed by atoms with Crippen molar-refractivity contribution in [3.63, 3.8) is 0 Å². The number of benzene rings is 1. The number of methoxy groups -OCH3 is 1. The molecular formula is C18H18ClNO6S. The van der Waals surface area contributed by atoms with Gasteiger partial charge in [0.05, 0.1) is 23.6 Å². The first kappa shape index (κ1) is 19.3. The lowest BCUT2D eigenvalue weighted by Gasteiger charge is -2.21. The lowest BCUT2D eigenvalue weighted by molar-refractivity contribution is -0.133. The first-order chi connectivity index (χ1) is 13.0. The van der Waals surface area contributed by atoms with Crippen molar-refractivity contribution in [3.05, 3.63) is 39.0 Å². The number of hydrogen-bond acceptors (Lipinski definition) is 7. The molecule has 0 fully saturated rings. The van der Waals surface area contributed by atoms with Crippen molar-refractivity contribution in [2.45, 2.75) is 6.54 Å². The van der Waals surface area contributed by atoms with E-state index in [-0.39, 0.29) is 18.1 Å². The van der Waals surface area contributed by atoms with Gasteiger partial charge in [-0.1, -0.05) is 11.6 Å². The van der Waals surface area contributed by atoms with Gasteiger partial charge in [-0.15, -0.1) is 11.3 Å². The smallest absolute Gasteiger partial charge is 0.338 e. The molecule has 3 rings (SSSR count). The van der Waals surface area contributed by atoms with Crippen LogP contribution in [0.4, 0.5) is 0 Å². The van der Waals surface area contributed by atoms with Crippen LogP contribution in [0.25, 0.3) is 0 Å². The second kappa shape index (κ2) is 8.49. The number of nitrogens with zero attached hydrogens (tertiary/aromatic N) is 1. The highest BCUT2D eigenvalue weighted by atomic mass is 35.5. The van der Waals surface area contributed by atoms with E-state index in [0.29, 0.717) is 41.3 Å². The minimum absolute atomic E-state index is 0.219. The SMILES string of the molecule is COc1cc(C(=O)OCC(=O)N(C)Cc2ccc(Cl)s2)cc2c1OCCO2. The minimum Gasteiger partial charge on any atom is -0.493 e. The Morgan fingerprint density at radius 1 is 1.26 bits per heavy atom. The number of hydrogen-bond donors (Lipinski definition) is 0. The van der Waals surface area contributed by atoms with Crippen molar-refractivity contribution < 1.29 is 28.5 Å². The molecule has 0 saturated carbocycles. The van der Waals surface area contributed by atoms with Gasteiger partial charge in [0.2, 0.25) is 5.75 Å². The molecule has 2 heterocycles. The Bertz CT molecular complexity index is 835. The Kier molecular flexibility index (Phi) is 6.08. The monoisotopic (exact) mass is 411 g/mol. The number of ether oxygens (including phenoxy) is 4. The fourth-order valence-electron chi connectivity index (χ4n) is 2.47. The molecular weight excluding hydrogens is 394 g/mol. The molecule has 0 spiro atoms. The van der Waals surface area contributed by atoms with E-state index in [1.165, 1.54) is 35.5 Å². The fraction of sp³-hybridized carbons (Fsp3) is 0.333. The number of likely N-dealkylation sites (N-methyl/N-ethyl adjacent to an activating group) is 1. The highest BCUT2D eigenvalue weighted by molar-refractivity contribution is 7.16. The molecule has 0 N–H and O–H groups in total. The molecule has 0 bridgehead atoms. The van der Waals surface area contributed by atoms with Gasteiger partial charge in [-0.05, 0) is 24.3 Å². The second-order valence-corrected chi connectivity index (χ2v) is 7.53. The number of esters is 1. The van der Waals surface area contributed by atoms with E-state index in [9.17, 15) is 9.59 Å². The molecule has 1 aliphatic rings. The van der Waals surface area contributed by atoms with Crippen LogP contribution in [0, 0.1) is 0 Å². The average molecular weight is 412 g/mol. The molecule has 144 valence electrons. The van der Waals surface area contributed by atoms with Crippen molar-refractivity contribution >= 4 is 34.8 Å². The normalized spacial score (nSPS) is 12.4. The number of fused-ring (bicyclic) bond motifs is 1. The maximum absolute atomic E-state index is 12.3. The highest BCUT2D eigenvalue weighted by Crippen LogP contribution is 2.40. The van der Waals surface area contributed by atoms with Crippen molar-refractivity contribution in [2.24, 2.45) is 0 Å². The molecule has 9 heteroatoms. The molecule has 0 saturated heterocycles. The van der Waals surface area contributed by atoms with Gasteiger partial charge < -0.3 is 23.8 Å². The summed E-state index contributed by atoms with van der Waals surface area (Å²) < 4.78 is 22.0. The van der Waals surface area contributed by atoms with Gasteiger partial charge in [0.1, 0.15) is 13.2 Å². The van der Waals surface area contributed by atoms with Gasteiger partial charge >= 0.3 is 5.97 Å². The van der Waals surface area contributed by atoms with Crippen LogP contribution in [0.1, 0.15) is 15.2 Å². The van der Waals surface area contributed by atoms with E-state index >= 15 is 0 Å². The number of carbonyl (C=O) groups excluding carboxylic acids is 2. The summed E-state index contributed by atoms with van der Waals surface area (Å²) >= 11 is 7.28. The Labute approximate surface area is 165 Å². The Morgan fingerprint density at radius 2 is 2.04 bits per heavy atom. The van der Waals surface area contributed by atoms with Crippen LogP contribution in [-0.4, -0.2) is 50.8 Å². The zero-order chi connectivity index (χ0) is 19.4. The molecule has 1 aromatic heterocycles. The van der Waals surface area contributed by atoms with Crippen LogP contribution in [0.15, 0.2) is 24.3 Å². The molecule has 27 heavy (non-hydrogen) atoms. The quantitative estimate of drug-likeness (QED) is 0.680. The van der Waals surface area contributed by atoms with Crippen molar-refractivity contribution in [3.8, 4) is 17.2 Å². The van der Waals surface area contributed by atoms with E-state index in [4.69, 9.17) is 30.5 Å². The topological polar surface area (TPSA) is 74.3 Å². The van der Waals surface area contributed by atoms with E-state index < -0.39 is 5.97 Å². The molecule has 7 nitrogen and oxygen atoms in total. The maximum Gasteiger partial charge on any atom is 0.338 e. The predicted molar refractivity (Wildman–Crippen MR) is 100 cm³/mol. The lowest BCUT2D eigenvalue weighted by Crippen LogP contribution is -2.30. The van der Waals surface area contributed by atoms with Gasteiger partial charge in [0, 0.05) is 11.9 Å². The largest absolute Gasteiger partial charge is 0.493 e. The third-order valence-electron chi connectivity index (χ3n) is 3.84. The zero-order valence-electron chi connectivity index (χ0n) is 14.8. The summed E-state index contributed by atoms with van der Waals surface area (Å²) in [5.74, 6) is 0.261. The van der Waals surface area contributed by atoms with Crippen LogP contribution in [0.2, 0.25) is 4.34 Å². The van der Waals surface area contributed by atoms with Crippen LogP contribution < -0.4 is 14.2 Å². The van der Waals surface area contributed by atoms with Crippen molar-refractivity contribution in [1.29, 1.82) is 0 Å². The zero-order valence-corrected chi connectivity index (χ0v) is 16.4. The number of halogens is 1. The maximum atomic E-state index is 12.3. The van der Waals surface area contributed by atoms with Crippen LogP contribution >= 0.6 is 22.9 Å². The molecule has 0 atom stereocenters. The van der Waals surface area contributed by atoms with E-state index in [1.54, 1.807) is 13.1 Å². The summed E-state index contributed by atoms with van der Waals surface area (Å²) in [6.07, 6.45) is 0. The number of rotatable bonds is 6. The van der Waals surface area contributed by atoms with E-state index in [1.807, 2.05) is 6.07 Å². The predicted octanol–water partition coefficient (Wildman–Crippen LogP) is 3.00. The van der Waals surface area contributed by atoms with Gasteiger partial charge in [-0.3, -0.25) is 4.79 Å². The average Bonchev–Trinajstić information content (AvgIpc) is 3.09. The molecule has 0 radical (unpaired) electrons. The van der Waals surface area contributed by atoms with E-state index in [0.717, 1.165) is 4.88 Å². The van der Waals surface area contributed by atoms with E-state index in [2.05, 4.69) is 0 Å². The third kappa shape index (κ3) is 4.64. The van der Waals surface area contributed by atoms with Gasteiger partial charge in [-0.25, -0.2) is 4.79 Å². The Hall–Kier alpha value is -2.45. The lowest BCUT2D eigenvalue weighted by atomic mass is 10.1. The summed E-state index contributed by atoms with van der Waals surface area (Å²) in [4.78, 5) is 26.9. The number of amides is 1. The summed E-state index contributed by atoms with van der Waals surface area (Å²) in [7, 11) is 3.11.